The molecule has 1 aromatic rings. The first-order valence-corrected chi connectivity index (χ1v) is 4.45. The number of nitrogens with two attached hydrogens (primary N) is 1. The van der Waals surface area contributed by atoms with E-state index in [1.165, 1.54) is 5.56 Å². The Kier molecular flexibility index (Phi) is 2.78. The predicted molar refractivity (Wildman–Crippen MR) is 53.7 cm³/mol. The highest BCUT2D eigenvalue weighted by Crippen LogP contribution is 2.25. The minimum atomic E-state index is -0.391. The molecule has 0 aliphatic rings. The first kappa shape index (κ1) is 10.3. The van der Waals surface area contributed by atoms with Crippen LogP contribution in [0.3, 0.4) is 0 Å². The van der Waals surface area contributed by atoms with Gasteiger partial charge in [0.05, 0.1) is 5.69 Å². The van der Waals surface area contributed by atoms with E-state index in [-0.39, 0.29) is 0 Å². The Hall–Kier alpha value is -0.800. The molecule has 0 aliphatic carbocycles. The second kappa shape index (κ2) is 3.52. The van der Waals surface area contributed by atoms with Gasteiger partial charge in [0.25, 0.3) is 0 Å². The molecule has 0 aliphatic heterocycles. The number of ether oxygens (including phenoxy) is 1. The summed E-state index contributed by atoms with van der Waals surface area (Å²) >= 11 is 0. The fourth-order valence-electron chi connectivity index (χ4n) is 1.57. The van der Waals surface area contributed by atoms with Crippen molar-refractivity contribution in [3.05, 3.63) is 23.0 Å². The van der Waals surface area contributed by atoms with Crippen LogP contribution in [0.25, 0.3) is 0 Å². The van der Waals surface area contributed by atoms with E-state index in [9.17, 15) is 0 Å². The molecule has 74 valence electrons. The smallest absolute Gasteiger partial charge is 0.117 e. The van der Waals surface area contributed by atoms with E-state index >= 15 is 0 Å². The number of aromatic amines is 1. The van der Waals surface area contributed by atoms with Gasteiger partial charge in [0.15, 0.2) is 0 Å². The molecular weight excluding hydrogens is 164 g/mol. The van der Waals surface area contributed by atoms with Crippen molar-refractivity contribution < 1.29 is 4.74 Å². The highest BCUT2D eigenvalue weighted by atomic mass is 16.5. The van der Waals surface area contributed by atoms with Crippen molar-refractivity contribution in [1.29, 1.82) is 0 Å². The first-order valence-electron chi connectivity index (χ1n) is 4.45. The summed E-state index contributed by atoms with van der Waals surface area (Å²) in [5.41, 5.74) is 8.71. The van der Waals surface area contributed by atoms with Gasteiger partial charge in [-0.2, -0.15) is 0 Å². The molecule has 1 atom stereocenters. The van der Waals surface area contributed by atoms with Crippen LogP contribution in [0.1, 0.15) is 23.9 Å². The Morgan fingerprint density at radius 1 is 1.54 bits per heavy atom. The third-order valence-electron chi connectivity index (χ3n) is 2.52. The highest BCUT2D eigenvalue weighted by molar-refractivity contribution is 5.28. The van der Waals surface area contributed by atoms with Crippen molar-refractivity contribution >= 4 is 0 Å². The van der Waals surface area contributed by atoms with Gasteiger partial charge in [-0.1, -0.05) is 0 Å². The van der Waals surface area contributed by atoms with Crippen molar-refractivity contribution in [2.75, 3.05) is 13.7 Å². The van der Waals surface area contributed by atoms with Gasteiger partial charge in [0.2, 0.25) is 0 Å². The van der Waals surface area contributed by atoms with Crippen molar-refractivity contribution in [1.82, 2.24) is 4.98 Å². The maximum absolute atomic E-state index is 5.68. The molecule has 0 fully saturated rings. The van der Waals surface area contributed by atoms with Crippen LogP contribution in [0.5, 0.6) is 0 Å². The lowest BCUT2D eigenvalue weighted by molar-refractivity contribution is 0.00625. The van der Waals surface area contributed by atoms with Gasteiger partial charge in [-0.05, 0) is 32.4 Å². The van der Waals surface area contributed by atoms with Crippen LogP contribution in [0.15, 0.2) is 6.07 Å². The van der Waals surface area contributed by atoms with Crippen LogP contribution in [0.2, 0.25) is 0 Å². The Balaban J connectivity index is 3.11. The number of aromatic nitrogens is 1. The third-order valence-corrected chi connectivity index (χ3v) is 2.52. The molecule has 3 N–H and O–H groups in total. The summed E-state index contributed by atoms with van der Waals surface area (Å²) in [5.74, 6) is 0. The number of nitrogens with one attached hydrogen (secondary N) is 1. The van der Waals surface area contributed by atoms with E-state index in [0.717, 1.165) is 11.4 Å². The minimum absolute atomic E-state index is 0.391. The van der Waals surface area contributed by atoms with E-state index < -0.39 is 5.60 Å². The van der Waals surface area contributed by atoms with Gasteiger partial charge in [-0.3, -0.25) is 0 Å². The van der Waals surface area contributed by atoms with E-state index in [4.69, 9.17) is 10.5 Å². The van der Waals surface area contributed by atoms with E-state index in [2.05, 4.69) is 18.0 Å². The van der Waals surface area contributed by atoms with Crippen LogP contribution < -0.4 is 5.73 Å². The number of H-pyrrole nitrogens is 1. The van der Waals surface area contributed by atoms with Crippen LogP contribution in [0, 0.1) is 13.8 Å². The van der Waals surface area contributed by atoms with E-state index in [1.807, 2.05) is 13.8 Å². The lowest BCUT2D eigenvalue weighted by Crippen LogP contribution is -2.34. The van der Waals surface area contributed by atoms with Gasteiger partial charge in [0.1, 0.15) is 5.60 Å². The fraction of sp³-hybridized carbons (Fsp3) is 0.600. The second-order valence-electron chi connectivity index (χ2n) is 3.65. The largest absolute Gasteiger partial charge is 0.371 e. The predicted octanol–water partition coefficient (Wildman–Crippen LogP) is 1.45. The van der Waals surface area contributed by atoms with Crippen LogP contribution >= 0.6 is 0 Å². The molecule has 3 nitrogen and oxygen atoms in total. The topological polar surface area (TPSA) is 51.0 Å². The summed E-state index contributed by atoms with van der Waals surface area (Å²) in [6.45, 7) is 6.56. The summed E-state index contributed by atoms with van der Waals surface area (Å²) in [4.78, 5) is 3.28. The molecule has 0 spiro atoms. The molecule has 1 unspecified atom stereocenters. The van der Waals surface area contributed by atoms with Crippen LogP contribution in [-0.2, 0) is 10.3 Å². The number of hydrogen-bond donors (Lipinski definition) is 2. The zero-order valence-electron chi connectivity index (χ0n) is 8.77. The molecule has 0 saturated carbocycles. The molecule has 0 saturated heterocycles. The molecule has 0 amide bonds. The average molecular weight is 182 g/mol. The Morgan fingerprint density at radius 2 is 2.15 bits per heavy atom. The Labute approximate surface area is 79.3 Å². The standard InChI is InChI=1S/C10H18N2O/c1-7-5-8(2)12-9(7)10(3,6-11)13-4/h5,12H,6,11H2,1-4H3. The SMILES string of the molecule is COC(C)(CN)c1[nH]c(C)cc1C. The summed E-state index contributed by atoms with van der Waals surface area (Å²) in [5, 5.41) is 0. The lowest BCUT2D eigenvalue weighted by atomic mass is 9.99. The van der Waals surface area contributed by atoms with Crippen LogP contribution in [0.4, 0.5) is 0 Å². The molecule has 1 aromatic heterocycles. The number of aryl methyl sites for hydroxylation is 2. The average Bonchev–Trinajstić information content (AvgIpc) is 2.44. The molecule has 0 radical (unpaired) electrons. The van der Waals surface area contributed by atoms with Gasteiger partial charge < -0.3 is 15.5 Å². The Bertz CT molecular complexity index is 287. The lowest BCUT2D eigenvalue weighted by Gasteiger charge is -2.26. The normalized spacial score (nSPS) is 15.8. The molecule has 13 heavy (non-hydrogen) atoms. The van der Waals surface area contributed by atoms with Crippen molar-refractivity contribution in [3.8, 4) is 0 Å². The zero-order valence-corrected chi connectivity index (χ0v) is 8.77. The zero-order chi connectivity index (χ0) is 10.1. The van der Waals surface area contributed by atoms with E-state index in [0.29, 0.717) is 6.54 Å². The summed E-state index contributed by atoms with van der Waals surface area (Å²) < 4.78 is 5.41. The quantitative estimate of drug-likeness (QED) is 0.743. The number of rotatable bonds is 3. The summed E-state index contributed by atoms with van der Waals surface area (Å²) in [7, 11) is 1.68. The van der Waals surface area contributed by atoms with Gasteiger partial charge in [-0.25, -0.2) is 0 Å². The molecule has 3 heteroatoms. The third kappa shape index (κ3) is 1.76. The maximum atomic E-state index is 5.68. The van der Waals surface area contributed by atoms with Crippen molar-refractivity contribution in [2.24, 2.45) is 5.73 Å². The molecule has 1 rings (SSSR count). The highest BCUT2D eigenvalue weighted by Gasteiger charge is 2.27. The summed E-state index contributed by atoms with van der Waals surface area (Å²) in [6.07, 6.45) is 0. The van der Waals surface area contributed by atoms with Gasteiger partial charge >= 0.3 is 0 Å². The van der Waals surface area contributed by atoms with Crippen molar-refractivity contribution in [2.45, 2.75) is 26.4 Å². The molecule has 0 aromatic carbocycles. The number of hydrogen-bond acceptors (Lipinski definition) is 2. The molecule has 0 bridgehead atoms. The maximum Gasteiger partial charge on any atom is 0.117 e. The fourth-order valence-corrected chi connectivity index (χ4v) is 1.57. The number of methoxy groups -OCH3 is 1. The van der Waals surface area contributed by atoms with Crippen LogP contribution in [-0.4, -0.2) is 18.6 Å². The summed E-state index contributed by atoms with van der Waals surface area (Å²) in [6, 6.07) is 2.10. The second-order valence-corrected chi connectivity index (χ2v) is 3.65. The van der Waals surface area contributed by atoms with Crippen molar-refractivity contribution in [3.63, 3.8) is 0 Å². The first-order chi connectivity index (χ1) is 6.03. The van der Waals surface area contributed by atoms with Gasteiger partial charge in [-0.15, -0.1) is 0 Å². The van der Waals surface area contributed by atoms with E-state index in [1.54, 1.807) is 7.11 Å². The molecule has 1 heterocycles. The monoisotopic (exact) mass is 182 g/mol. The minimum Gasteiger partial charge on any atom is -0.371 e. The molecular formula is C10H18N2O. The Morgan fingerprint density at radius 3 is 2.46 bits per heavy atom. The van der Waals surface area contributed by atoms with Gasteiger partial charge in [0, 0.05) is 19.3 Å².